The lowest BCUT2D eigenvalue weighted by atomic mass is 9.96. The van der Waals surface area contributed by atoms with Crippen molar-refractivity contribution < 1.29 is 18.3 Å². The first-order valence-electron chi connectivity index (χ1n) is 7.86. The molecule has 3 rings (SSSR count). The summed E-state index contributed by atoms with van der Waals surface area (Å²) in [6.07, 6.45) is 5.41. The number of imidazole rings is 1. The van der Waals surface area contributed by atoms with E-state index in [1.807, 2.05) is 17.8 Å². The molecule has 0 spiro atoms. The third-order valence-corrected chi connectivity index (χ3v) is 4.27. The van der Waals surface area contributed by atoms with Crippen molar-refractivity contribution in [2.24, 2.45) is 7.05 Å². The maximum absolute atomic E-state index is 12.8. The number of aromatic nitrogens is 2. The Bertz CT molecular complexity index is 717. The van der Waals surface area contributed by atoms with Gasteiger partial charge in [0.2, 0.25) is 0 Å². The molecule has 0 bridgehead atoms. The number of hydrogen-bond donors (Lipinski definition) is 0. The highest BCUT2D eigenvalue weighted by Crippen LogP contribution is 2.28. The second kappa shape index (κ2) is 6.98. The highest BCUT2D eigenvalue weighted by Gasteiger charge is 2.29. The van der Waals surface area contributed by atoms with Crippen LogP contribution in [0.2, 0.25) is 0 Å². The Labute approximate surface area is 138 Å². The van der Waals surface area contributed by atoms with Crippen LogP contribution in [0.3, 0.4) is 0 Å². The van der Waals surface area contributed by atoms with Gasteiger partial charge in [0.25, 0.3) is 5.91 Å². The minimum atomic E-state index is -2.96. The van der Waals surface area contributed by atoms with Gasteiger partial charge in [-0.2, -0.15) is 8.78 Å². The van der Waals surface area contributed by atoms with Crippen molar-refractivity contribution in [3.63, 3.8) is 0 Å². The van der Waals surface area contributed by atoms with Gasteiger partial charge in [0.1, 0.15) is 11.6 Å². The Balaban J connectivity index is 1.79. The van der Waals surface area contributed by atoms with Crippen LogP contribution < -0.4 is 4.74 Å². The van der Waals surface area contributed by atoms with Crippen LogP contribution >= 0.6 is 0 Å². The Kier molecular flexibility index (Phi) is 4.78. The quantitative estimate of drug-likeness (QED) is 0.863. The van der Waals surface area contributed by atoms with Crippen LogP contribution in [0.1, 0.15) is 34.9 Å². The molecule has 0 aliphatic carbocycles. The number of likely N-dealkylation sites (tertiary alicyclic amines) is 1. The molecule has 0 unspecified atom stereocenters. The average molecular weight is 335 g/mol. The van der Waals surface area contributed by atoms with Crippen molar-refractivity contribution in [3.05, 3.63) is 48.0 Å². The number of rotatable bonds is 4. The van der Waals surface area contributed by atoms with E-state index in [9.17, 15) is 13.6 Å². The number of amides is 1. The molecular formula is C17H19F2N3O2. The summed E-state index contributed by atoms with van der Waals surface area (Å²) in [4.78, 5) is 18.8. The highest BCUT2D eigenvalue weighted by atomic mass is 19.3. The maximum atomic E-state index is 12.8. The summed E-state index contributed by atoms with van der Waals surface area (Å²) < 4.78 is 31.5. The van der Waals surface area contributed by atoms with Crippen molar-refractivity contribution in [2.45, 2.75) is 25.4 Å². The largest absolute Gasteiger partial charge is 0.434 e. The molecule has 24 heavy (non-hydrogen) atoms. The summed E-state index contributed by atoms with van der Waals surface area (Å²) in [5, 5.41) is 0. The monoisotopic (exact) mass is 335 g/mol. The smallest absolute Gasteiger partial charge is 0.387 e. The molecule has 1 saturated heterocycles. The van der Waals surface area contributed by atoms with Crippen LogP contribution in [0.4, 0.5) is 8.78 Å². The molecule has 1 aliphatic rings. The fourth-order valence-electron chi connectivity index (χ4n) is 3.16. The third-order valence-electron chi connectivity index (χ3n) is 4.27. The van der Waals surface area contributed by atoms with Gasteiger partial charge < -0.3 is 14.2 Å². The molecule has 1 aromatic carbocycles. The van der Waals surface area contributed by atoms with Gasteiger partial charge in [-0.25, -0.2) is 4.98 Å². The van der Waals surface area contributed by atoms with Crippen LogP contribution in [0.5, 0.6) is 5.75 Å². The molecule has 1 amide bonds. The number of ether oxygens (including phenoxy) is 1. The highest BCUT2D eigenvalue weighted by molar-refractivity contribution is 5.97. The zero-order valence-electron chi connectivity index (χ0n) is 13.4. The molecule has 1 aliphatic heterocycles. The van der Waals surface area contributed by atoms with E-state index in [1.54, 1.807) is 23.2 Å². The second-order valence-electron chi connectivity index (χ2n) is 5.86. The number of piperidine rings is 1. The number of nitrogens with zero attached hydrogens (tertiary/aromatic N) is 3. The lowest BCUT2D eigenvalue weighted by Crippen LogP contribution is -2.39. The molecule has 2 heterocycles. The first-order chi connectivity index (χ1) is 11.6. The Morgan fingerprint density at radius 1 is 1.38 bits per heavy atom. The van der Waals surface area contributed by atoms with Gasteiger partial charge in [-0.1, -0.05) is 12.1 Å². The molecule has 0 N–H and O–H groups in total. The van der Waals surface area contributed by atoms with Crippen molar-refractivity contribution in [3.8, 4) is 5.75 Å². The molecule has 0 radical (unpaired) electrons. The molecular weight excluding hydrogens is 316 g/mol. The minimum Gasteiger partial charge on any atom is -0.434 e. The summed E-state index contributed by atoms with van der Waals surface area (Å²) >= 11 is 0. The number of alkyl halides is 2. The molecule has 1 fully saturated rings. The van der Waals surface area contributed by atoms with Crippen LogP contribution in [-0.2, 0) is 7.05 Å². The predicted octanol–water partition coefficient (Wildman–Crippen LogP) is 3.04. The van der Waals surface area contributed by atoms with E-state index in [1.165, 1.54) is 12.1 Å². The van der Waals surface area contributed by atoms with Crippen molar-refractivity contribution in [1.29, 1.82) is 0 Å². The topological polar surface area (TPSA) is 47.4 Å². The number of halogens is 2. The number of aryl methyl sites for hydroxylation is 1. The van der Waals surface area contributed by atoms with E-state index in [0.29, 0.717) is 13.1 Å². The third kappa shape index (κ3) is 3.39. The normalized spacial score (nSPS) is 18.0. The van der Waals surface area contributed by atoms with Gasteiger partial charge in [0.05, 0.1) is 5.56 Å². The van der Waals surface area contributed by atoms with E-state index in [-0.39, 0.29) is 23.1 Å². The molecule has 0 saturated carbocycles. The fourth-order valence-corrected chi connectivity index (χ4v) is 3.16. The number of benzene rings is 1. The predicted molar refractivity (Wildman–Crippen MR) is 84.2 cm³/mol. The van der Waals surface area contributed by atoms with Gasteiger partial charge in [-0.3, -0.25) is 4.79 Å². The van der Waals surface area contributed by atoms with E-state index in [2.05, 4.69) is 9.72 Å². The zero-order valence-corrected chi connectivity index (χ0v) is 13.4. The minimum absolute atomic E-state index is 0.0865. The van der Waals surface area contributed by atoms with Gasteiger partial charge in [0, 0.05) is 38.4 Å². The summed E-state index contributed by atoms with van der Waals surface area (Å²) in [5.41, 5.74) is 0.165. The number of carbonyl (C=O) groups is 1. The summed E-state index contributed by atoms with van der Waals surface area (Å²) in [7, 11) is 1.93. The first kappa shape index (κ1) is 16.4. The Morgan fingerprint density at radius 2 is 2.17 bits per heavy atom. The summed E-state index contributed by atoms with van der Waals surface area (Å²) in [6.45, 7) is -1.84. The first-order valence-corrected chi connectivity index (χ1v) is 7.86. The van der Waals surface area contributed by atoms with Gasteiger partial charge in [-0.15, -0.1) is 0 Å². The standard InChI is InChI=1S/C17H19F2N3O2/c1-21-10-8-20-15(21)12-5-4-9-22(11-12)16(23)13-6-2-3-7-14(13)24-17(18)19/h2-3,6-8,10,12,17H,4-5,9,11H2,1H3/t12-/m1/s1. The van der Waals surface area contributed by atoms with E-state index in [4.69, 9.17) is 0 Å². The molecule has 128 valence electrons. The number of para-hydroxylation sites is 1. The molecule has 5 nitrogen and oxygen atoms in total. The summed E-state index contributed by atoms with van der Waals surface area (Å²) in [6, 6.07) is 6.12. The molecule has 2 aromatic rings. The Hall–Kier alpha value is -2.44. The van der Waals surface area contributed by atoms with Crippen LogP contribution in [0.25, 0.3) is 0 Å². The van der Waals surface area contributed by atoms with Gasteiger partial charge in [-0.05, 0) is 25.0 Å². The SMILES string of the molecule is Cn1ccnc1[C@@H]1CCCN(C(=O)c2ccccc2OC(F)F)C1. The van der Waals surface area contributed by atoms with E-state index in [0.717, 1.165) is 18.7 Å². The zero-order chi connectivity index (χ0) is 17.1. The van der Waals surface area contributed by atoms with Crippen molar-refractivity contribution in [1.82, 2.24) is 14.5 Å². The van der Waals surface area contributed by atoms with Crippen molar-refractivity contribution in [2.75, 3.05) is 13.1 Å². The molecule has 1 atom stereocenters. The Morgan fingerprint density at radius 3 is 2.88 bits per heavy atom. The molecule has 1 aromatic heterocycles. The van der Waals surface area contributed by atoms with Crippen LogP contribution in [0, 0.1) is 0 Å². The van der Waals surface area contributed by atoms with Crippen molar-refractivity contribution >= 4 is 5.91 Å². The molecule has 7 heteroatoms. The lowest BCUT2D eigenvalue weighted by Gasteiger charge is -2.32. The second-order valence-corrected chi connectivity index (χ2v) is 5.86. The fraction of sp³-hybridized carbons (Fsp3) is 0.412. The number of carbonyl (C=O) groups excluding carboxylic acids is 1. The average Bonchev–Trinajstić information content (AvgIpc) is 3.00. The van der Waals surface area contributed by atoms with Gasteiger partial charge in [0.15, 0.2) is 0 Å². The van der Waals surface area contributed by atoms with E-state index >= 15 is 0 Å². The lowest BCUT2D eigenvalue weighted by molar-refractivity contribution is -0.0503. The maximum Gasteiger partial charge on any atom is 0.387 e. The summed E-state index contributed by atoms with van der Waals surface area (Å²) in [5.74, 6) is 0.706. The van der Waals surface area contributed by atoms with Crippen LogP contribution in [-0.4, -0.2) is 40.1 Å². The van der Waals surface area contributed by atoms with E-state index < -0.39 is 6.61 Å². The number of hydrogen-bond acceptors (Lipinski definition) is 3. The van der Waals surface area contributed by atoms with Crippen LogP contribution in [0.15, 0.2) is 36.7 Å². The van der Waals surface area contributed by atoms with Gasteiger partial charge >= 0.3 is 6.61 Å².